The standard InChI is InChI=1S/C23H24N4O/c1-17-8-3-4-11-20(17)26-23(28)19-10-7-9-18(14-19)21-15-22(25-16-24-21)27-12-5-2-6-13-27/h3-4,7-11,14-16H,2,5-6,12-13H2,1H3,(H,26,28). The van der Waals surface area contributed by atoms with E-state index >= 15 is 0 Å². The van der Waals surface area contributed by atoms with Crippen molar-refractivity contribution in [3.8, 4) is 11.3 Å². The monoisotopic (exact) mass is 372 g/mol. The topological polar surface area (TPSA) is 58.1 Å². The number of para-hydroxylation sites is 1. The van der Waals surface area contributed by atoms with Gasteiger partial charge in [0.2, 0.25) is 0 Å². The second-order valence-electron chi connectivity index (χ2n) is 7.16. The highest BCUT2D eigenvalue weighted by atomic mass is 16.1. The van der Waals surface area contributed by atoms with E-state index in [1.54, 1.807) is 6.33 Å². The lowest BCUT2D eigenvalue weighted by atomic mass is 10.1. The number of amides is 1. The van der Waals surface area contributed by atoms with Gasteiger partial charge in [0.15, 0.2) is 0 Å². The van der Waals surface area contributed by atoms with Crippen LogP contribution >= 0.6 is 0 Å². The van der Waals surface area contributed by atoms with Gasteiger partial charge in [-0.25, -0.2) is 9.97 Å². The molecule has 4 rings (SSSR count). The van der Waals surface area contributed by atoms with Crippen LogP contribution in [0.3, 0.4) is 0 Å². The Morgan fingerprint density at radius 2 is 1.79 bits per heavy atom. The summed E-state index contributed by atoms with van der Waals surface area (Å²) >= 11 is 0. The van der Waals surface area contributed by atoms with Crippen LogP contribution in [0.25, 0.3) is 11.3 Å². The first-order chi connectivity index (χ1) is 13.7. The number of carbonyl (C=O) groups is 1. The van der Waals surface area contributed by atoms with Gasteiger partial charge in [0.25, 0.3) is 5.91 Å². The Hall–Kier alpha value is -3.21. The van der Waals surface area contributed by atoms with E-state index in [4.69, 9.17) is 0 Å². The summed E-state index contributed by atoms with van der Waals surface area (Å²) < 4.78 is 0. The summed E-state index contributed by atoms with van der Waals surface area (Å²) in [4.78, 5) is 23.9. The molecule has 1 aliphatic heterocycles. The van der Waals surface area contributed by atoms with Gasteiger partial charge in [0.1, 0.15) is 12.1 Å². The van der Waals surface area contributed by atoms with Crippen LogP contribution in [0, 0.1) is 6.92 Å². The van der Waals surface area contributed by atoms with Crippen LogP contribution in [0.4, 0.5) is 11.5 Å². The van der Waals surface area contributed by atoms with Crippen molar-refractivity contribution < 1.29 is 4.79 Å². The largest absolute Gasteiger partial charge is 0.357 e. The van der Waals surface area contributed by atoms with Crippen molar-refractivity contribution in [1.29, 1.82) is 0 Å². The molecule has 0 bridgehead atoms. The lowest BCUT2D eigenvalue weighted by Gasteiger charge is -2.27. The molecular formula is C23H24N4O. The summed E-state index contributed by atoms with van der Waals surface area (Å²) in [5, 5.41) is 2.99. The number of anilines is 2. The fourth-order valence-corrected chi connectivity index (χ4v) is 3.53. The van der Waals surface area contributed by atoms with Gasteiger partial charge < -0.3 is 10.2 Å². The molecule has 2 heterocycles. The predicted octanol–water partition coefficient (Wildman–Crippen LogP) is 4.69. The summed E-state index contributed by atoms with van der Waals surface area (Å²) in [6.45, 7) is 4.06. The first-order valence-corrected chi connectivity index (χ1v) is 9.75. The normalized spacial score (nSPS) is 14.0. The number of nitrogens with one attached hydrogen (secondary N) is 1. The van der Waals surface area contributed by atoms with Crippen LogP contribution in [0.15, 0.2) is 60.9 Å². The van der Waals surface area contributed by atoms with Crippen molar-refractivity contribution in [2.75, 3.05) is 23.3 Å². The molecule has 0 spiro atoms. The summed E-state index contributed by atoms with van der Waals surface area (Å²) in [6.07, 6.45) is 5.30. The van der Waals surface area contributed by atoms with E-state index in [0.717, 1.165) is 41.4 Å². The minimum absolute atomic E-state index is 0.124. The van der Waals surface area contributed by atoms with E-state index in [9.17, 15) is 4.79 Å². The number of piperidine rings is 1. The van der Waals surface area contributed by atoms with E-state index in [2.05, 4.69) is 20.2 Å². The molecule has 5 nitrogen and oxygen atoms in total. The Bertz CT molecular complexity index is 980. The molecule has 0 atom stereocenters. The first kappa shape index (κ1) is 18.2. The molecule has 2 aromatic carbocycles. The molecule has 28 heavy (non-hydrogen) atoms. The van der Waals surface area contributed by atoms with Crippen molar-refractivity contribution in [1.82, 2.24) is 9.97 Å². The Morgan fingerprint density at radius 3 is 2.61 bits per heavy atom. The van der Waals surface area contributed by atoms with Crippen LogP contribution in [0.1, 0.15) is 35.2 Å². The molecule has 1 amide bonds. The number of benzene rings is 2. The van der Waals surface area contributed by atoms with Gasteiger partial charge in [-0.15, -0.1) is 0 Å². The number of hydrogen-bond acceptors (Lipinski definition) is 4. The van der Waals surface area contributed by atoms with Crippen LogP contribution < -0.4 is 10.2 Å². The van der Waals surface area contributed by atoms with E-state index in [1.807, 2.05) is 61.5 Å². The Labute approximate surface area is 165 Å². The molecule has 1 fully saturated rings. The van der Waals surface area contributed by atoms with Crippen LogP contribution in [-0.2, 0) is 0 Å². The molecule has 1 saturated heterocycles. The average Bonchev–Trinajstić information content (AvgIpc) is 2.76. The SMILES string of the molecule is Cc1ccccc1NC(=O)c1cccc(-c2cc(N3CCCCC3)ncn2)c1. The highest BCUT2D eigenvalue weighted by molar-refractivity contribution is 6.05. The molecular weight excluding hydrogens is 348 g/mol. The Morgan fingerprint density at radius 1 is 0.964 bits per heavy atom. The van der Waals surface area contributed by atoms with Crippen LogP contribution in [0.2, 0.25) is 0 Å². The van der Waals surface area contributed by atoms with Crippen molar-refractivity contribution in [2.45, 2.75) is 26.2 Å². The van der Waals surface area contributed by atoms with E-state index in [-0.39, 0.29) is 5.91 Å². The summed E-state index contributed by atoms with van der Waals surface area (Å²) in [7, 11) is 0. The summed E-state index contributed by atoms with van der Waals surface area (Å²) in [5.41, 5.74) is 4.22. The minimum atomic E-state index is -0.124. The minimum Gasteiger partial charge on any atom is -0.357 e. The Balaban J connectivity index is 1.57. The predicted molar refractivity (Wildman–Crippen MR) is 113 cm³/mol. The summed E-state index contributed by atoms with van der Waals surface area (Å²) in [5.74, 6) is 0.834. The number of nitrogens with zero attached hydrogens (tertiary/aromatic N) is 3. The smallest absolute Gasteiger partial charge is 0.255 e. The zero-order valence-corrected chi connectivity index (χ0v) is 16.1. The maximum absolute atomic E-state index is 12.7. The zero-order valence-electron chi connectivity index (χ0n) is 16.1. The third-order valence-electron chi connectivity index (χ3n) is 5.15. The molecule has 5 heteroatoms. The third-order valence-corrected chi connectivity index (χ3v) is 5.15. The van der Waals surface area contributed by atoms with Gasteiger partial charge in [-0.05, 0) is 49.9 Å². The molecule has 0 saturated carbocycles. The second-order valence-corrected chi connectivity index (χ2v) is 7.16. The molecule has 142 valence electrons. The van der Waals surface area contributed by atoms with E-state index in [0.29, 0.717) is 5.56 Å². The highest BCUT2D eigenvalue weighted by Crippen LogP contribution is 2.24. The molecule has 1 aliphatic rings. The molecule has 1 N–H and O–H groups in total. The van der Waals surface area contributed by atoms with Crippen molar-refractivity contribution in [3.63, 3.8) is 0 Å². The number of aromatic nitrogens is 2. The van der Waals surface area contributed by atoms with Gasteiger partial charge in [-0.1, -0.05) is 30.3 Å². The maximum atomic E-state index is 12.7. The molecule has 3 aromatic rings. The zero-order chi connectivity index (χ0) is 19.3. The van der Waals surface area contributed by atoms with Crippen molar-refractivity contribution >= 4 is 17.4 Å². The maximum Gasteiger partial charge on any atom is 0.255 e. The van der Waals surface area contributed by atoms with E-state index < -0.39 is 0 Å². The van der Waals surface area contributed by atoms with Gasteiger partial charge in [0.05, 0.1) is 5.69 Å². The van der Waals surface area contributed by atoms with Crippen molar-refractivity contribution in [2.24, 2.45) is 0 Å². The second kappa shape index (κ2) is 8.21. The van der Waals surface area contributed by atoms with Crippen LogP contribution in [0.5, 0.6) is 0 Å². The fourth-order valence-electron chi connectivity index (χ4n) is 3.53. The molecule has 0 aliphatic carbocycles. The number of carbonyl (C=O) groups excluding carboxylic acids is 1. The van der Waals surface area contributed by atoms with Gasteiger partial charge >= 0.3 is 0 Å². The van der Waals surface area contributed by atoms with Gasteiger partial charge in [0, 0.05) is 36.0 Å². The number of aryl methyl sites for hydroxylation is 1. The Kier molecular flexibility index (Phi) is 5.33. The van der Waals surface area contributed by atoms with Gasteiger partial charge in [-0.2, -0.15) is 0 Å². The fraction of sp³-hybridized carbons (Fsp3) is 0.261. The lowest BCUT2D eigenvalue weighted by molar-refractivity contribution is 0.102. The molecule has 0 unspecified atom stereocenters. The molecule has 0 radical (unpaired) electrons. The first-order valence-electron chi connectivity index (χ1n) is 9.75. The van der Waals surface area contributed by atoms with Gasteiger partial charge in [-0.3, -0.25) is 4.79 Å². The number of hydrogen-bond donors (Lipinski definition) is 1. The average molecular weight is 372 g/mol. The number of rotatable bonds is 4. The quantitative estimate of drug-likeness (QED) is 0.721. The van der Waals surface area contributed by atoms with Crippen molar-refractivity contribution in [3.05, 3.63) is 72.1 Å². The lowest BCUT2D eigenvalue weighted by Crippen LogP contribution is -2.30. The molecule has 1 aromatic heterocycles. The third kappa shape index (κ3) is 4.03. The summed E-state index contributed by atoms with van der Waals surface area (Å²) in [6, 6.07) is 17.4. The van der Waals surface area contributed by atoms with Crippen LogP contribution in [-0.4, -0.2) is 29.0 Å². The van der Waals surface area contributed by atoms with E-state index in [1.165, 1.54) is 19.3 Å². The highest BCUT2D eigenvalue weighted by Gasteiger charge is 2.14.